The van der Waals surface area contributed by atoms with Gasteiger partial charge in [-0.25, -0.2) is 0 Å². The largest absolute Gasteiger partial charge is 0.462 e. The molecule has 1 aliphatic heterocycles. The summed E-state index contributed by atoms with van der Waals surface area (Å²) in [6, 6.07) is 2.13. The van der Waals surface area contributed by atoms with Crippen LogP contribution in [0.1, 0.15) is 47.5 Å². The number of nitrogens with one attached hydrogen (secondary N) is 1. The molecule has 0 bridgehead atoms. The summed E-state index contributed by atoms with van der Waals surface area (Å²) in [5.74, 6) is -0.415. The first-order valence-corrected chi connectivity index (χ1v) is 6.88. The van der Waals surface area contributed by atoms with Crippen LogP contribution in [0.15, 0.2) is 0 Å². The van der Waals surface area contributed by atoms with Gasteiger partial charge < -0.3 is 10.1 Å². The third-order valence-electron chi connectivity index (χ3n) is 3.38. The lowest BCUT2D eigenvalue weighted by molar-refractivity contribution is -0.138. The number of piperidine rings is 1. The molecule has 1 saturated heterocycles. The Labute approximate surface area is 121 Å². The van der Waals surface area contributed by atoms with Crippen molar-refractivity contribution in [1.29, 1.82) is 5.26 Å². The van der Waals surface area contributed by atoms with Crippen LogP contribution in [0.25, 0.3) is 0 Å². The van der Waals surface area contributed by atoms with Crippen LogP contribution in [0.4, 0.5) is 0 Å². The Morgan fingerprint density at radius 1 is 1.40 bits per heavy atom. The molecule has 1 unspecified atom stereocenters. The second kappa shape index (κ2) is 8.01. The van der Waals surface area contributed by atoms with Crippen LogP contribution in [0.3, 0.4) is 0 Å². The van der Waals surface area contributed by atoms with Gasteiger partial charge in [0.2, 0.25) is 0 Å². The first kappa shape index (κ1) is 18.6. The number of ketones is 1. The summed E-state index contributed by atoms with van der Waals surface area (Å²) in [4.78, 5) is 20.8. The third-order valence-corrected chi connectivity index (χ3v) is 3.38. The number of carbonyl (C=O) groups is 2. The van der Waals surface area contributed by atoms with Crippen LogP contribution in [-0.4, -0.2) is 30.9 Å². The molecule has 20 heavy (non-hydrogen) atoms. The van der Waals surface area contributed by atoms with Crippen molar-refractivity contribution in [2.24, 2.45) is 11.3 Å². The van der Waals surface area contributed by atoms with Gasteiger partial charge in [-0.3, -0.25) is 9.59 Å². The van der Waals surface area contributed by atoms with Crippen molar-refractivity contribution < 1.29 is 14.3 Å². The summed E-state index contributed by atoms with van der Waals surface area (Å²) in [6.07, 6.45) is 1.84. The molecule has 0 amide bonds. The number of Topliss-reactive ketones (excluding diaryl/α,β-unsaturated/α-hetero) is 1. The van der Waals surface area contributed by atoms with Crippen molar-refractivity contribution in [1.82, 2.24) is 5.32 Å². The second-order valence-corrected chi connectivity index (χ2v) is 6.40. The fraction of sp³-hybridized carbons (Fsp3) is 0.800. The van der Waals surface area contributed by atoms with Crippen molar-refractivity contribution in [3.05, 3.63) is 0 Å². The van der Waals surface area contributed by atoms with Crippen molar-refractivity contribution in [3.8, 4) is 6.07 Å². The summed E-state index contributed by atoms with van der Waals surface area (Å²) in [7, 11) is 0. The Morgan fingerprint density at radius 3 is 2.15 bits per heavy atom. The van der Waals surface area contributed by atoms with E-state index in [-0.39, 0.29) is 16.8 Å². The van der Waals surface area contributed by atoms with Gasteiger partial charge in [-0.05, 0) is 59.0 Å². The zero-order chi connectivity index (χ0) is 15.8. The van der Waals surface area contributed by atoms with Crippen LogP contribution >= 0.6 is 0 Å². The van der Waals surface area contributed by atoms with Crippen LogP contribution in [0.2, 0.25) is 0 Å². The molecule has 0 aliphatic carbocycles. The number of hydrogen-bond donors (Lipinski definition) is 1. The van der Waals surface area contributed by atoms with E-state index in [9.17, 15) is 9.59 Å². The van der Waals surface area contributed by atoms with Crippen LogP contribution in [0, 0.1) is 22.7 Å². The number of hydrogen-bond acceptors (Lipinski definition) is 5. The molecular weight excluding hydrogens is 256 g/mol. The van der Waals surface area contributed by atoms with E-state index in [1.54, 1.807) is 0 Å². The van der Waals surface area contributed by atoms with E-state index in [2.05, 4.69) is 16.1 Å². The Balaban J connectivity index is 0.000000441. The molecule has 1 fully saturated rings. The summed E-state index contributed by atoms with van der Waals surface area (Å²) in [5, 5.41) is 12.2. The van der Waals surface area contributed by atoms with Crippen molar-refractivity contribution in [2.45, 2.75) is 53.1 Å². The minimum atomic E-state index is -0.422. The molecule has 0 spiro atoms. The van der Waals surface area contributed by atoms with E-state index in [0.29, 0.717) is 6.47 Å². The highest BCUT2D eigenvalue weighted by atomic mass is 16.5. The van der Waals surface area contributed by atoms with Crippen LogP contribution in [-0.2, 0) is 14.3 Å². The van der Waals surface area contributed by atoms with E-state index >= 15 is 0 Å². The van der Waals surface area contributed by atoms with Crippen molar-refractivity contribution >= 4 is 12.3 Å². The minimum Gasteiger partial charge on any atom is -0.462 e. The maximum atomic E-state index is 11.2. The minimum absolute atomic E-state index is 0.00639. The molecule has 1 aliphatic rings. The highest BCUT2D eigenvalue weighted by molar-refractivity contribution is 5.81. The van der Waals surface area contributed by atoms with Gasteiger partial charge in [0, 0.05) is 0 Å². The summed E-state index contributed by atoms with van der Waals surface area (Å²) < 4.78 is 4.55. The van der Waals surface area contributed by atoms with Gasteiger partial charge in [0.25, 0.3) is 6.47 Å². The lowest BCUT2D eigenvalue weighted by atomic mass is 9.70. The topological polar surface area (TPSA) is 79.2 Å². The molecule has 1 heterocycles. The number of carbonyl (C=O) groups excluding carboxylic acids is 2. The monoisotopic (exact) mass is 282 g/mol. The molecule has 5 nitrogen and oxygen atoms in total. The van der Waals surface area contributed by atoms with Gasteiger partial charge in [-0.2, -0.15) is 5.26 Å². The second-order valence-electron chi connectivity index (χ2n) is 6.40. The number of nitriles is 1. The quantitative estimate of drug-likeness (QED) is 0.802. The molecule has 114 valence electrons. The van der Waals surface area contributed by atoms with Crippen molar-refractivity contribution in [3.63, 3.8) is 0 Å². The Morgan fingerprint density at radius 2 is 1.90 bits per heavy atom. The molecule has 0 radical (unpaired) electrons. The Bertz CT molecular complexity index is 360. The molecule has 0 aromatic rings. The molecule has 0 saturated carbocycles. The lowest BCUT2D eigenvalue weighted by Gasteiger charge is -2.36. The van der Waals surface area contributed by atoms with Gasteiger partial charge in [0.05, 0.1) is 6.07 Å². The SMILES string of the molecule is CC(=O)C(C#N)C1(C)CCNCC1.CC(C)(C)OC=O. The summed E-state index contributed by atoms with van der Waals surface area (Å²) in [5.41, 5.74) is -0.423. The number of rotatable bonds is 3. The molecule has 1 N–H and O–H groups in total. The fourth-order valence-corrected chi connectivity index (χ4v) is 2.17. The first-order chi connectivity index (χ1) is 9.16. The van der Waals surface area contributed by atoms with Gasteiger partial charge in [0.15, 0.2) is 0 Å². The van der Waals surface area contributed by atoms with Gasteiger partial charge in [0.1, 0.15) is 17.3 Å². The zero-order valence-corrected chi connectivity index (χ0v) is 13.2. The van der Waals surface area contributed by atoms with Gasteiger partial charge in [-0.15, -0.1) is 0 Å². The highest BCUT2D eigenvalue weighted by Gasteiger charge is 2.38. The van der Waals surface area contributed by atoms with E-state index in [4.69, 9.17) is 5.26 Å². The Kier molecular flexibility index (Phi) is 7.44. The van der Waals surface area contributed by atoms with E-state index in [1.807, 2.05) is 27.7 Å². The molecule has 1 atom stereocenters. The standard InChI is InChI=1S/C10H16N2O.C5H10O2/c1-8(13)9(7-11)10(2)3-5-12-6-4-10;1-5(2,3)7-4-6/h9,12H,3-6H2,1-2H3;4H,1-3H3. The predicted molar refractivity (Wildman–Crippen MR) is 76.9 cm³/mol. The third kappa shape index (κ3) is 6.67. The average molecular weight is 282 g/mol. The zero-order valence-electron chi connectivity index (χ0n) is 13.2. The van der Waals surface area contributed by atoms with Crippen LogP contribution in [0.5, 0.6) is 0 Å². The molecular formula is C15H26N2O3. The molecule has 5 heteroatoms. The smallest absolute Gasteiger partial charge is 0.293 e. The maximum absolute atomic E-state index is 11.2. The molecule has 0 aromatic heterocycles. The van der Waals surface area contributed by atoms with Gasteiger partial charge >= 0.3 is 0 Å². The average Bonchev–Trinajstić information content (AvgIpc) is 2.28. The van der Waals surface area contributed by atoms with E-state index in [1.165, 1.54) is 6.92 Å². The summed E-state index contributed by atoms with van der Waals surface area (Å²) >= 11 is 0. The van der Waals surface area contributed by atoms with Crippen molar-refractivity contribution in [2.75, 3.05) is 13.1 Å². The van der Waals surface area contributed by atoms with Crippen LogP contribution < -0.4 is 5.32 Å². The van der Waals surface area contributed by atoms with Gasteiger partial charge in [-0.1, -0.05) is 6.92 Å². The van der Waals surface area contributed by atoms with E-state index in [0.717, 1.165) is 25.9 Å². The summed E-state index contributed by atoms with van der Waals surface area (Å²) in [6.45, 7) is 11.3. The highest BCUT2D eigenvalue weighted by Crippen LogP contribution is 2.36. The fourth-order valence-electron chi connectivity index (χ4n) is 2.17. The normalized spacial score (nSPS) is 18.8. The number of ether oxygens (including phenoxy) is 1. The predicted octanol–water partition coefficient (Wildman–Crippen LogP) is 2.06. The number of nitrogens with zero attached hydrogens (tertiary/aromatic N) is 1. The Hall–Kier alpha value is -1.41. The maximum Gasteiger partial charge on any atom is 0.293 e. The lowest BCUT2D eigenvalue weighted by Crippen LogP contribution is -2.41. The molecule has 1 rings (SSSR count). The first-order valence-electron chi connectivity index (χ1n) is 6.88. The molecule has 0 aromatic carbocycles. The van der Waals surface area contributed by atoms with E-state index < -0.39 is 5.92 Å².